The SMILES string of the molecule is OC1(C(F)F)CCN(c2ncnc3c2cnn3-c2ccccc2F)C1. The summed E-state index contributed by atoms with van der Waals surface area (Å²) in [6.45, 7) is -0.000506. The summed E-state index contributed by atoms with van der Waals surface area (Å²) < 4.78 is 41.4. The zero-order valence-electron chi connectivity index (χ0n) is 13.0. The minimum Gasteiger partial charge on any atom is -0.382 e. The second kappa shape index (κ2) is 5.69. The second-order valence-corrected chi connectivity index (χ2v) is 6.02. The molecule has 1 atom stereocenters. The van der Waals surface area contributed by atoms with E-state index in [-0.39, 0.29) is 25.2 Å². The van der Waals surface area contributed by atoms with Gasteiger partial charge in [-0.2, -0.15) is 5.10 Å². The summed E-state index contributed by atoms with van der Waals surface area (Å²) in [5.74, 6) is -0.0647. The van der Waals surface area contributed by atoms with Crippen molar-refractivity contribution < 1.29 is 18.3 Å². The summed E-state index contributed by atoms with van der Waals surface area (Å²) in [6, 6.07) is 6.13. The average molecular weight is 349 g/mol. The maximum absolute atomic E-state index is 14.0. The van der Waals surface area contributed by atoms with Gasteiger partial charge in [-0.15, -0.1) is 0 Å². The number of halogens is 3. The Kier molecular flexibility index (Phi) is 3.60. The molecule has 3 aromatic rings. The van der Waals surface area contributed by atoms with Crippen LogP contribution in [0.1, 0.15) is 6.42 Å². The minimum atomic E-state index is -2.84. The number of alkyl halides is 2. The van der Waals surface area contributed by atoms with Crippen LogP contribution < -0.4 is 4.90 Å². The fraction of sp³-hybridized carbons (Fsp3) is 0.312. The van der Waals surface area contributed by atoms with Crippen LogP contribution in [0.5, 0.6) is 0 Å². The lowest BCUT2D eigenvalue weighted by Crippen LogP contribution is -2.40. The van der Waals surface area contributed by atoms with Gasteiger partial charge in [0.25, 0.3) is 6.43 Å². The predicted octanol–water partition coefficient (Wildman–Crippen LogP) is 2.16. The molecule has 6 nitrogen and oxygen atoms in total. The van der Waals surface area contributed by atoms with Crippen LogP contribution >= 0.6 is 0 Å². The molecule has 0 amide bonds. The molecule has 0 spiro atoms. The summed E-state index contributed by atoms with van der Waals surface area (Å²) in [5, 5.41) is 14.7. The maximum atomic E-state index is 14.0. The van der Waals surface area contributed by atoms with Crippen molar-refractivity contribution >= 4 is 16.9 Å². The fourth-order valence-corrected chi connectivity index (χ4v) is 3.06. The average Bonchev–Trinajstić information content (AvgIpc) is 3.20. The normalized spacial score (nSPS) is 20.8. The van der Waals surface area contributed by atoms with Crippen LogP contribution in [0.4, 0.5) is 19.0 Å². The number of hydrogen-bond acceptors (Lipinski definition) is 5. The number of nitrogens with zero attached hydrogens (tertiary/aromatic N) is 5. The molecular formula is C16H14F3N5O. The molecule has 0 saturated carbocycles. The highest BCUT2D eigenvalue weighted by Gasteiger charge is 2.45. The number of aliphatic hydroxyl groups is 1. The van der Waals surface area contributed by atoms with Crippen LogP contribution in [0.25, 0.3) is 16.7 Å². The quantitative estimate of drug-likeness (QED) is 0.785. The van der Waals surface area contributed by atoms with Gasteiger partial charge in [-0.05, 0) is 12.1 Å². The van der Waals surface area contributed by atoms with Crippen molar-refractivity contribution in [1.29, 1.82) is 0 Å². The molecule has 4 rings (SSSR count). The van der Waals surface area contributed by atoms with Crippen LogP contribution in [0, 0.1) is 5.82 Å². The molecule has 1 fully saturated rings. The van der Waals surface area contributed by atoms with Gasteiger partial charge < -0.3 is 10.0 Å². The molecule has 1 aliphatic heterocycles. The third kappa shape index (κ3) is 2.51. The molecule has 1 unspecified atom stereocenters. The highest BCUT2D eigenvalue weighted by molar-refractivity contribution is 5.87. The van der Waals surface area contributed by atoms with Gasteiger partial charge in [-0.25, -0.2) is 27.8 Å². The Bertz CT molecular complexity index is 931. The van der Waals surface area contributed by atoms with E-state index < -0.39 is 17.8 Å². The van der Waals surface area contributed by atoms with E-state index in [4.69, 9.17) is 0 Å². The van der Waals surface area contributed by atoms with Gasteiger partial charge >= 0.3 is 0 Å². The van der Waals surface area contributed by atoms with Gasteiger partial charge in [0.05, 0.1) is 18.1 Å². The first-order chi connectivity index (χ1) is 12.0. The Hall–Kier alpha value is -2.68. The van der Waals surface area contributed by atoms with Crippen LogP contribution in [0.3, 0.4) is 0 Å². The summed E-state index contributed by atoms with van der Waals surface area (Å²) in [4.78, 5) is 9.88. The monoisotopic (exact) mass is 349 g/mol. The molecule has 3 heterocycles. The van der Waals surface area contributed by atoms with E-state index in [1.807, 2.05) is 0 Å². The lowest BCUT2D eigenvalue weighted by molar-refractivity contribution is -0.0800. The highest BCUT2D eigenvalue weighted by atomic mass is 19.3. The lowest BCUT2D eigenvalue weighted by Gasteiger charge is -2.23. The van der Waals surface area contributed by atoms with Gasteiger partial charge in [0.1, 0.15) is 29.3 Å². The summed E-state index contributed by atoms with van der Waals surface area (Å²) in [6.07, 6.45) is -0.152. The zero-order valence-corrected chi connectivity index (χ0v) is 13.0. The van der Waals surface area contributed by atoms with Crippen molar-refractivity contribution in [1.82, 2.24) is 19.7 Å². The largest absolute Gasteiger partial charge is 0.382 e. The van der Waals surface area contributed by atoms with Gasteiger partial charge in [-0.3, -0.25) is 0 Å². The first-order valence-electron chi connectivity index (χ1n) is 7.69. The number of anilines is 1. The number of fused-ring (bicyclic) bond motifs is 1. The van der Waals surface area contributed by atoms with E-state index in [1.165, 1.54) is 23.3 Å². The van der Waals surface area contributed by atoms with Crippen molar-refractivity contribution in [3.05, 3.63) is 42.6 Å². The number of hydrogen-bond donors (Lipinski definition) is 1. The molecule has 1 N–H and O–H groups in total. The molecule has 130 valence electrons. The molecule has 1 aliphatic rings. The zero-order chi connectivity index (χ0) is 17.6. The van der Waals surface area contributed by atoms with E-state index >= 15 is 0 Å². The lowest BCUT2D eigenvalue weighted by atomic mass is 10.1. The van der Waals surface area contributed by atoms with Gasteiger partial charge in [0.2, 0.25) is 0 Å². The smallest absolute Gasteiger partial charge is 0.268 e. The van der Waals surface area contributed by atoms with E-state index in [0.717, 1.165) is 0 Å². The number of benzene rings is 1. The molecule has 0 aliphatic carbocycles. The van der Waals surface area contributed by atoms with Crippen molar-refractivity contribution in [3.63, 3.8) is 0 Å². The van der Waals surface area contributed by atoms with Crippen LogP contribution in [-0.2, 0) is 0 Å². The fourth-order valence-electron chi connectivity index (χ4n) is 3.06. The van der Waals surface area contributed by atoms with Crippen molar-refractivity contribution in [2.75, 3.05) is 18.0 Å². The predicted molar refractivity (Wildman–Crippen MR) is 84.4 cm³/mol. The summed E-state index contributed by atoms with van der Waals surface area (Å²) in [7, 11) is 0. The third-order valence-corrected chi connectivity index (χ3v) is 4.41. The molecule has 1 saturated heterocycles. The Balaban J connectivity index is 1.77. The molecule has 0 radical (unpaired) electrons. The first-order valence-corrected chi connectivity index (χ1v) is 7.69. The molecule has 25 heavy (non-hydrogen) atoms. The van der Waals surface area contributed by atoms with E-state index in [0.29, 0.717) is 16.9 Å². The summed E-state index contributed by atoms with van der Waals surface area (Å²) in [5.41, 5.74) is -1.46. The van der Waals surface area contributed by atoms with E-state index in [2.05, 4.69) is 15.1 Å². The summed E-state index contributed by atoms with van der Waals surface area (Å²) >= 11 is 0. The Morgan fingerprint density at radius 2 is 2.00 bits per heavy atom. The molecule has 1 aromatic carbocycles. The standard InChI is InChI=1S/C16H14F3N5O/c17-11-3-1-2-4-12(11)24-14-10(7-22-24)13(20-9-21-14)23-6-5-16(25,8-23)15(18)19/h1-4,7,9,15,25H,5-6,8H2. The highest BCUT2D eigenvalue weighted by Crippen LogP contribution is 2.33. The van der Waals surface area contributed by atoms with Gasteiger partial charge in [0.15, 0.2) is 5.65 Å². The minimum absolute atomic E-state index is 0.0579. The Morgan fingerprint density at radius 1 is 1.20 bits per heavy atom. The topological polar surface area (TPSA) is 67.1 Å². The van der Waals surface area contributed by atoms with Gasteiger partial charge in [-0.1, -0.05) is 12.1 Å². The Morgan fingerprint density at radius 3 is 2.72 bits per heavy atom. The number of aromatic nitrogens is 4. The van der Waals surface area contributed by atoms with Crippen LogP contribution in [-0.4, -0.2) is 50.0 Å². The third-order valence-electron chi connectivity index (χ3n) is 4.41. The van der Waals surface area contributed by atoms with E-state index in [9.17, 15) is 18.3 Å². The molecule has 0 bridgehead atoms. The van der Waals surface area contributed by atoms with Crippen molar-refractivity contribution in [2.45, 2.75) is 18.4 Å². The van der Waals surface area contributed by atoms with Crippen LogP contribution in [0.15, 0.2) is 36.8 Å². The number of rotatable bonds is 3. The molecular weight excluding hydrogens is 335 g/mol. The maximum Gasteiger partial charge on any atom is 0.268 e. The van der Waals surface area contributed by atoms with Crippen LogP contribution in [0.2, 0.25) is 0 Å². The second-order valence-electron chi connectivity index (χ2n) is 6.02. The van der Waals surface area contributed by atoms with E-state index in [1.54, 1.807) is 23.1 Å². The van der Waals surface area contributed by atoms with Crippen molar-refractivity contribution in [2.24, 2.45) is 0 Å². The Labute approximate surface area is 140 Å². The van der Waals surface area contributed by atoms with Crippen molar-refractivity contribution in [3.8, 4) is 5.69 Å². The van der Waals surface area contributed by atoms with Gasteiger partial charge in [0, 0.05) is 13.0 Å². The number of para-hydroxylation sites is 1. The first kappa shape index (κ1) is 15.8. The number of β-amino-alcohol motifs (C(OH)–C–C–N with tert-alkyl or cyclic N) is 1. The molecule has 2 aromatic heterocycles. The molecule has 9 heteroatoms.